The Labute approximate surface area is 231 Å². The Morgan fingerprint density at radius 2 is 1.97 bits per heavy atom. The third kappa shape index (κ3) is 6.59. The van der Waals surface area contributed by atoms with E-state index in [2.05, 4.69) is 37.1 Å². The minimum Gasteiger partial charge on any atom is -0.491 e. The van der Waals surface area contributed by atoms with Crippen molar-refractivity contribution in [3.05, 3.63) is 63.5 Å². The van der Waals surface area contributed by atoms with Gasteiger partial charge in [-0.25, -0.2) is 14.8 Å². The molecule has 0 saturated carbocycles. The summed E-state index contributed by atoms with van der Waals surface area (Å²) in [4.78, 5) is 23.6. The number of carboxylic acid groups (broad SMARTS) is 1. The summed E-state index contributed by atoms with van der Waals surface area (Å²) in [5.74, 6) is 0.530. The van der Waals surface area contributed by atoms with Crippen LogP contribution in [0.15, 0.2) is 41.9 Å². The van der Waals surface area contributed by atoms with Crippen LogP contribution in [0, 0.1) is 12.8 Å². The van der Waals surface area contributed by atoms with Gasteiger partial charge in [0.05, 0.1) is 12.3 Å². The second-order valence-corrected chi connectivity index (χ2v) is 11.4. The van der Waals surface area contributed by atoms with Gasteiger partial charge in [-0.3, -0.25) is 0 Å². The summed E-state index contributed by atoms with van der Waals surface area (Å²) in [5, 5.41) is 15.8. The summed E-state index contributed by atoms with van der Waals surface area (Å²) < 4.78 is 11.0. The fourth-order valence-electron chi connectivity index (χ4n) is 4.06. The monoisotopic (exact) mass is 551 g/mol. The zero-order chi connectivity index (χ0) is 27.2. The highest BCUT2D eigenvalue weighted by Crippen LogP contribution is 2.37. The Morgan fingerprint density at radius 1 is 1.16 bits per heavy atom. The number of thiophene rings is 1. The van der Waals surface area contributed by atoms with Crippen molar-refractivity contribution in [1.82, 2.24) is 9.97 Å². The number of anilines is 2. The van der Waals surface area contributed by atoms with Crippen LogP contribution in [0.2, 0.25) is 0 Å². The maximum Gasteiger partial charge on any atom is 0.339 e. The van der Waals surface area contributed by atoms with Gasteiger partial charge in [0, 0.05) is 34.2 Å². The van der Waals surface area contributed by atoms with E-state index in [0.717, 1.165) is 56.3 Å². The molecular formula is C29H33N3O4S2. The molecule has 0 bridgehead atoms. The van der Waals surface area contributed by atoms with Gasteiger partial charge in [0.1, 0.15) is 23.7 Å². The topological polar surface area (TPSA) is 93.6 Å². The third-order valence-corrected chi connectivity index (χ3v) is 8.00. The van der Waals surface area contributed by atoms with Gasteiger partial charge in [-0.2, -0.15) is 0 Å². The van der Waals surface area contributed by atoms with E-state index in [-0.39, 0.29) is 11.4 Å². The van der Waals surface area contributed by atoms with Crippen LogP contribution in [0.25, 0.3) is 21.7 Å². The van der Waals surface area contributed by atoms with E-state index in [0.29, 0.717) is 24.3 Å². The van der Waals surface area contributed by atoms with Crippen LogP contribution in [0.1, 0.15) is 47.1 Å². The lowest BCUT2D eigenvalue weighted by molar-refractivity contribution is 0.0697. The number of aromatic nitrogens is 2. The average molecular weight is 552 g/mol. The molecule has 3 heterocycles. The minimum atomic E-state index is -1.04. The second-order valence-electron chi connectivity index (χ2n) is 9.44. The molecule has 2 N–H and O–H groups in total. The Morgan fingerprint density at radius 3 is 2.63 bits per heavy atom. The van der Waals surface area contributed by atoms with Crippen molar-refractivity contribution >= 4 is 39.6 Å². The van der Waals surface area contributed by atoms with Crippen molar-refractivity contribution in [2.45, 2.75) is 40.5 Å². The molecule has 4 aromatic rings. The number of benzene rings is 1. The quantitative estimate of drug-likeness (QED) is 0.176. The smallest absolute Gasteiger partial charge is 0.339 e. The van der Waals surface area contributed by atoms with E-state index < -0.39 is 5.97 Å². The molecule has 200 valence electrons. The first-order valence-electron chi connectivity index (χ1n) is 12.6. The molecule has 0 spiro atoms. The van der Waals surface area contributed by atoms with Crippen molar-refractivity contribution in [3.63, 3.8) is 0 Å². The molecule has 0 radical (unpaired) electrons. The number of pyridine rings is 1. The fourth-order valence-corrected chi connectivity index (χ4v) is 6.14. The molecule has 0 saturated heterocycles. The Balaban J connectivity index is 1.67. The summed E-state index contributed by atoms with van der Waals surface area (Å²) in [5.41, 5.74) is 5.04. The molecule has 7 nitrogen and oxygen atoms in total. The van der Waals surface area contributed by atoms with Crippen LogP contribution < -0.4 is 10.1 Å². The van der Waals surface area contributed by atoms with Crippen molar-refractivity contribution in [2.24, 2.45) is 5.92 Å². The number of hydrogen-bond acceptors (Lipinski definition) is 8. The molecule has 0 fully saturated rings. The van der Waals surface area contributed by atoms with Crippen molar-refractivity contribution in [2.75, 3.05) is 25.6 Å². The normalized spacial score (nSPS) is 11.2. The van der Waals surface area contributed by atoms with E-state index in [1.165, 1.54) is 11.3 Å². The third-order valence-electron chi connectivity index (χ3n) is 5.91. The summed E-state index contributed by atoms with van der Waals surface area (Å²) in [6.45, 7) is 9.50. The predicted octanol–water partition coefficient (Wildman–Crippen LogP) is 7.47. The number of aromatic carboxylic acids is 1. The van der Waals surface area contributed by atoms with Crippen molar-refractivity contribution in [1.29, 1.82) is 0 Å². The molecule has 0 aliphatic heterocycles. The van der Waals surface area contributed by atoms with Crippen LogP contribution in [0.5, 0.6) is 5.75 Å². The van der Waals surface area contributed by atoms with Crippen molar-refractivity contribution in [3.8, 4) is 27.4 Å². The SMILES string of the molecule is CCc1cc(-c2nc(Nc3ncc(-c4cc(C)cs4)cc3C(=O)O)sc2CC(C)C)ccc1OCCOC. The van der Waals surface area contributed by atoms with Crippen LogP contribution in [-0.2, 0) is 17.6 Å². The van der Waals surface area contributed by atoms with Gasteiger partial charge in [0.2, 0.25) is 0 Å². The molecule has 1 aromatic carbocycles. The number of hydrogen-bond donors (Lipinski definition) is 2. The molecule has 0 atom stereocenters. The fraction of sp³-hybridized carbons (Fsp3) is 0.345. The Kier molecular flexibility index (Phi) is 9.14. The van der Waals surface area contributed by atoms with E-state index in [4.69, 9.17) is 14.5 Å². The standard InChI is InChI=1S/C29H33N3O4S2/c1-6-19-13-20(7-8-23(19)36-10-9-35-5)26-25(11-17(2)3)38-29(31-26)32-27-22(28(33)34)14-21(15-30-27)24-12-18(4)16-37-24/h7-8,12-17H,6,9-11H2,1-5H3,(H,33,34)(H,30,31,32). The predicted molar refractivity (Wildman–Crippen MR) is 155 cm³/mol. The summed E-state index contributed by atoms with van der Waals surface area (Å²) >= 11 is 3.11. The van der Waals surface area contributed by atoms with E-state index in [9.17, 15) is 9.90 Å². The first-order chi connectivity index (χ1) is 18.3. The zero-order valence-corrected chi connectivity index (χ0v) is 24.0. The number of rotatable bonds is 12. The van der Waals surface area contributed by atoms with E-state index >= 15 is 0 Å². The molecule has 0 amide bonds. The molecular weight excluding hydrogens is 518 g/mol. The highest BCUT2D eigenvalue weighted by molar-refractivity contribution is 7.16. The number of nitrogens with zero attached hydrogens (tertiary/aromatic N) is 2. The van der Waals surface area contributed by atoms with Gasteiger partial charge in [0.15, 0.2) is 5.13 Å². The Bertz CT molecular complexity index is 1410. The minimum absolute atomic E-state index is 0.113. The maximum atomic E-state index is 12.1. The average Bonchev–Trinajstić information content (AvgIpc) is 3.50. The number of aryl methyl sites for hydroxylation is 2. The molecule has 4 rings (SSSR count). The molecule has 38 heavy (non-hydrogen) atoms. The molecule has 9 heteroatoms. The number of carboxylic acids is 1. The number of carbonyl (C=O) groups is 1. The lowest BCUT2D eigenvalue weighted by Crippen LogP contribution is -2.06. The number of thiazole rings is 1. The Hall–Kier alpha value is -3.27. The second kappa shape index (κ2) is 12.5. The van der Waals surface area contributed by atoms with Crippen LogP contribution in [0.3, 0.4) is 0 Å². The summed E-state index contributed by atoms with van der Waals surface area (Å²) in [6, 6.07) is 9.85. The summed E-state index contributed by atoms with van der Waals surface area (Å²) in [6.07, 6.45) is 3.39. The number of methoxy groups -OCH3 is 1. The molecule has 0 aliphatic carbocycles. The van der Waals surface area contributed by atoms with Crippen LogP contribution in [0.4, 0.5) is 10.9 Å². The zero-order valence-electron chi connectivity index (χ0n) is 22.3. The van der Waals surface area contributed by atoms with E-state index in [1.54, 1.807) is 30.7 Å². The van der Waals surface area contributed by atoms with Gasteiger partial charge in [-0.1, -0.05) is 20.8 Å². The van der Waals surface area contributed by atoms with E-state index in [1.807, 2.05) is 30.5 Å². The first kappa shape index (κ1) is 27.8. The number of ether oxygens (including phenoxy) is 2. The van der Waals surface area contributed by atoms with Crippen LogP contribution in [-0.4, -0.2) is 41.4 Å². The van der Waals surface area contributed by atoms with Crippen LogP contribution >= 0.6 is 22.7 Å². The molecule has 3 aromatic heterocycles. The van der Waals surface area contributed by atoms with Gasteiger partial charge in [-0.05, 0) is 72.5 Å². The lowest BCUT2D eigenvalue weighted by atomic mass is 10.0. The molecule has 0 aliphatic rings. The highest BCUT2D eigenvalue weighted by atomic mass is 32.1. The maximum absolute atomic E-state index is 12.1. The number of nitrogens with one attached hydrogen (secondary N) is 1. The molecule has 0 unspecified atom stereocenters. The first-order valence-corrected chi connectivity index (χ1v) is 14.3. The van der Waals surface area contributed by atoms with Gasteiger partial charge in [-0.15, -0.1) is 22.7 Å². The highest BCUT2D eigenvalue weighted by Gasteiger charge is 2.19. The van der Waals surface area contributed by atoms with Crippen molar-refractivity contribution < 1.29 is 19.4 Å². The van der Waals surface area contributed by atoms with Gasteiger partial charge < -0.3 is 19.9 Å². The van der Waals surface area contributed by atoms with Gasteiger partial charge >= 0.3 is 5.97 Å². The summed E-state index contributed by atoms with van der Waals surface area (Å²) in [7, 11) is 1.66. The van der Waals surface area contributed by atoms with Gasteiger partial charge in [0.25, 0.3) is 0 Å². The largest absolute Gasteiger partial charge is 0.491 e. The lowest BCUT2D eigenvalue weighted by Gasteiger charge is -2.12.